The first-order valence-electron chi connectivity index (χ1n) is 5.12. The lowest BCUT2D eigenvalue weighted by Gasteiger charge is -2.17. The topological polar surface area (TPSA) is 45.8 Å². The van der Waals surface area contributed by atoms with Crippen molar-refractivity contribution in [3.05, 3.63) is 50.3 Å². The van der Waals surface area contributed by atoms with Gasteiger partial charge in [-0.25, -0.2) is 4.98 Å². The summed E-state index contributed by atoms with van der Waals surface area (Å²) >= 11 is 3.46. The van der Waals surface area contributed by atoms with E-state index < -0.39 is 0 Å². The predicted molar refractivity (Wildman–Crippen MR) is 65.4 cm³/mol. The largest absolute Gasteiger partial charge is 0.306 e. The van der Waals surface area contributed by atoms with E-state index in [0.29, 0.717) is 5.82 Å². The number of aryl methyl sites for hydroxylation is 1. The van der Waals surface area contributed by atoms with Crippen LogP contribution in [0.25, 0.3) is 11.4 Å². The van der Waals surface area contributed by atoms with Crippen molar-refractivity contribution in [1.29, 1.82) is 0 Å². The average molecular weight is 277 g/mol. The number of hydrogen-bond acceptors (Lipinski definition) is 2. The molecule has 1 aliphatic rings. The lowest BCUT2D eigenvalue weighted by molar-refractivity contribution is 0.759. The Balaban J connectivity index is 2.21. The van der Waals surface area contributed by atoms with Gasteiger partial charge in [0, 0.05) is 15.6 Å². The Labute approximate surface area is 101 Å². The van der Waals surface area contributed by atoms with Gasteiger partial charge in [-0.05, 0) is 18.9 Å². The molecule has 0 bridgehead atoms. The Bertz CT molecular complexity index is 619. The van der Waals surface area contributed by atoms with E-state index in [0.717, 1.165) is 34.1 Å². The second-order valence-corrected chi connectivity index (χ2v) is 4.67. The molecule has 0 amide bonds. The number of halogens is 1. The molecule has 1 aromatic carbocycles. The summed E-state index contributed by atoms with van der Waals surface area (Å²) in [6, 6.07) is 7.74. The minimum absolute atomic E-state index is 0.00185. The van der Waals surface area contributed by atoms with Crippen molar-refractivity contribution >= 4 is 15.9 Å². The molecule has 0 saturated carbocycles. The second kappa shape index (κ2) is 3.56. The fourth-order valence-electron chi connectivity index (χ4n) is 1.86. The summed E-state index contributed by atoms with van der Waals surface area (Å²) in [5, 5.41) is 0. The van der Waals surface area contributed by atoms with Gasteiger partial charge in [0.25, 0.3) is 5.56 Å². The monoisotopic (exact) mass is 276 g/mol. The molecule has 3 rings (SSSR count). The smallest absolute Gasteiger partial charge is 0.254 e. The highest BCUT2D eigenvalue weighted by Crippen LogP contribution is 2.26. The van der Waals surface area contributed by atoms with Crippen molar-refractivity contribution in [1.82, 2.24) is 9.97 Å². The van der Waals surface area contributed by atoms with Crippen LogP contribution < -0.4 is 5.56 Å². The molecule has 0 radical (unpaired) electrons. The molecule has 0 saturated heterocycles. The Morgan fingerprint density at radius 1 is 1.25 bits per heavy atom. The minimum Gasteiger partial charge on any atom is -0.306 e. The molecule has 1 aromatic heterocycles. The number of H-pyrrole nitrogens is 1. The van der Waals surface area contributed by atoms with Crippen LogP contribution in [-0.2, 0) is 12.8 Å². The number of benzene rings is 1. The van der Waals surface area contributed by atoms with Crippen LogP contribution in [0.15, 0.2) is 33.5 Å². The SMILES string of the molecule is O=c1[nH]c(-c2ccccc2Br)nc2c1CC2. The van der Waals surface area contributed by atoms with Gasteiger partial charge >= 0.3 is 0 Å². The minimum atomic E-state index is 0.00185. The summed E-state index contributed by atoms with van der Waals surface area (Å²) in [4.78, 5) is 19.0. The highest BCUT2D eigenvalue weighted by atomic mass is 79.9. The number of aromatic nitrogens is 2. The molecule has 0 spiro atoms. The van der Waals surface area contributed by atoms with Crippen LogP contribution in [0.3, 0.4) is 0 Å². The zero-order chi connectivity index (χ0) is 11.1. The molecule has 1 N–H and O–H groups in total. The molecule has 80 valence electrons. The van der Waals surface area contributed by atoms with Crippen molar-refractivity contribution in [3.63, 3.8) is 0 Å². The van der Waals surface area contributed by atoms with Crippen LogP contribution in [0.2, 0.25) is 0 Å². The first-order valence-corrected chi connectivity index (χ1v) is 5.92. The molecule has 1 heterocycles. The number of nitrogens with one attached hydrogen (secondary N) is 1. The maximum absolute atomic E-state index is 11.7. The van der Waals surface area contributed by atoms with Crippen molar-refractivity contribution < 1.29 is 0 Å². The van der Waals surface area contributed by atoms with E-state index in [1.165, 1.54) is 0 Å². The van der Waals surface area contributed by atoms with Gasteiger partial charge in [-0.1, -0.05) is 34.1 Å². The molecular formula is C12H9BrN2O. The fourth-order valence-corrected chi connectivity index (χ4v) is 2.33. The predicted octanol–water partition coefficient (Wildman–Crippen LogP) is 2.30. The maximum Gasteiger partial charge on any atom is 0.254 e. The van der Waals surface area contributed by atoms with Gasteiger partial charge in [0.05, 0.1) is 5.69 Å². The van der Waals surface area contributed by atoms with Gasteiger partial charge < -0.3 is 4.98 Å². The Kier molecular flexibility index (Phi) is 2.17. The van der Waals surface area contributed by atoms with Crippen LogP contribution >= 0.6 is 15.9 Å². The van der Waals surface area contributed by atoms with Crippen molar-refractivity contribution in [2.75, 3.05) is 0 Å². The first-order chi connectivity index (χ1) is 7.75. The van der Waals surface area contributed by atoms with E-state index in [1.54, 1.807) is 0 Å². The van der Waals surface area contributed by atoms with Crippen LogP contribution in [0.5, 0.6) is 0 Å². The van der Waals surface area contributed by atoms with Gasteiger partial charge in [-0.15, -0.1) is 0 Å². The van der Waals surface area contributed by atoms with Gasteiger partial charge in [0.1, 0.15) is 5.82 Å². The lowest BCUT2D eigenvalue weighted by Crippen LogP contribution is -2.26. The zero-order valence-electron chi connectivity index (χ0n) is 8.46. The third-order valence-electron chi connectivity index (χ3n) is 2.84. The van der Waals surface area contributed by atoms with Crippen LogP contribution in [0.4, 0.5) is 0 Å². The summed E-state index contributed by atoms with van der Waals surface area (Å²) in [5.41, 5.74) is 2.71. The second-order valence-electron chi connectivity index (χ2n) is 3.82. The zero-order valence-corrected chi connectivity index (χ0v) is 10.0. The summed E-state index contributed by atoms with van der Waals surface area (Å²) < 4.78 is 0.942. The Morgan fingerprint density at radius 2 is 2.06 bits per heavy atom. The quantitative estimate of drug-likeness (QED) is 0.869. The third kappa shape index (κ3) is 1.41. The average Bonchev–Trinajstić information content (AvgIpc) is 2.22. The number of hydrogen-bond donors (Lipinski definition) is 1. The lowest BCUT2D eigenvalue weighted by atomic mass is 9.95. The molecule has 4 heteroatoms. The Morgan fingerprint density at radius 3 is 2.69 bits per heavy atom. The molecule has 0 aliphatic heterocycles. The fraction of sp³-hybridized carbons (Fsp3) is 0.167. The molecule has 0 fully saturated rings. The molecule has 0 atom stereocenters. The maximum atomic E-state index is 11.7. The van der Waals surface area contributed by atoms with E-state index in [1.807, 2.05) is 24.3 Å². The van der Waals surface area contributed by atoms with Crippen LogP contribution in [-0.4, -0.2) is 9.97 Å². The molecule has 16 heavy (non-hydrogen) atoms. The van der Waals surface area contributed by atoms with Crippen molar-refractivity contribution in [2.24, 2.45) is 0 Å². The van der Waals surface area contributed by atoms with Gasteiger partial charge in [0.2, 0.25) is 0 Å². The normalized spacial score (nSPS) is 13.1. The van der Waals surface area contributed by atoms with E-state index in [-0.39, 0.29) is 5.56 Å². The number of rotatable bonds is 1. The van der Waals surface area contributed by atoms with Gasteiger partial charge in [-0.2, -0.15) is 0 Å². The van der Waals surface area contributed by atoms with Gasteiger partial charge in [0.15, 0.2) is 0 Å². The number of nitrogens with zero attached hydrogens (tertiary/aromatic N) is 1. The van der Waals surface area contributed by atoms with E-state index in [2.05, 4.69) is 25.9 Å². The van der Waals surface area contributed by atoms with Crippen LogP contribution in [0.1, 0.15) is 11.3 Å². The van der Waals surface area contributed by atoms with E-state index >= 15 is 0 Å². The summed E-state index contributed by atoms with van der Waals surface area (Å²) in [6.07, 6.45) is 1.77. The van der Waals surface area contributed by atoms with Crippen LogP contribution in [0, 0.1) is 0 Å². The molecule has 3 nitrogen and oxygen atoms in total. The van der Waals surface area contributed by atoms with E-state index in [9.17, 15) is 4.79 Å². The third-order valence-corrected chi connectivity index (χ3v) is 3.53. The Hall–Kier alpha value is -1.42. The summed E-state index contributed by atoms with van der Waals surface area (Å²) in [7, 11) is 0. The number of aromatic amines is 1. The van der Waals surface area contributed by atoms with E-state index in [4.69, 9.17) is 0 Å². The van der Waals surface area contributed by atoms with Crippen molar-refractivity contribution in [2.45, 2.75) is 12.8 Å². The molecular weight excluding hydrogens is 268 g/mol. The molecule has 0 unspecified atom stereocenters. The summed E-state index contributed by atoms with van der Waals surface area (Å²) in [6.45, 7) is 0. The van der Waals surface area contributed by atoms with Gasteiger partial charge in [-0.3, -0.25) is 4.79 Å². The molecule has 1 aliphatic carbocycles. The standard InChI is InChI=1S/C12H9BrN2O/c13-9-4-2-1-3-7(9)11-14-10-6-5-8(10)12(16)15-11/h1-4H,5-6H2,(H,14,15,16). The highest BCUT2D eigenvalue weighted by molar-refractivity contribution is 9.10. The first kappa shape index (κ1) is 9.78. The molecule has 2 aromatic rings. The number of fused-ring (bicyclic) bond motifs is 1. The van der Waals surface area contributed by atoms with Crippen molar-refractivity contribution in [3.8, 4) is 11.4 Å². The highest BCUT2D eigenvalue weighted by Gasteiger charge is 2.20. The summed E-state index contributed by atoms with van der Waals surface area (Å²) in [5.74, 6) is 0.649.